The predicted octanol–water partition coefficient (Wildman–Crippen LogP) is 1.98. The fourth-order valence-electron chi connectivity index (χ4n) is 2.35. The summed E-state index contributed by atoms with van der Waals surface area (Å²) in [6.07, 6.45) is 3.89. The summed E-state index contributed by atoms with van der Waals surface area (Å²) < 4.78 is 5.55. The van der Waals surface area contributed by atoms with Crippen LogP contribution >= 0.6 is 11.3 Å². The van der Waals surface area contributed by atoms with Crippen LogP contribution in [0.3, 0.4) is 0 Å². The molecule has 1 aromatic heterocycles. The van der Waals surface area contributed by atoms with Crippen LogP contribution in [0.1, 0.15) is 36.1 Å². The number of rotatable bonds is 5. The maximum atomic E-state index is 12.1. The van der Waals surface area contributed by atoms with Crippen molar-refractivity contribution in [3.63, 3.8) is 0 Å². The molecule has 0 radical (unpaired) electrons. The Labute approximate surface area is 130 Å². The first-order valence-corrected chi connectivity index (χ1v) is 8.19. The average Bonchev–Trinajstić information content (AvgIpc) is 3.14. The SMILES string of the molecule is CN(Cc1cc(C#CCN)cs1)C(=O)CCC1CCCO1. The number of nitrogens with two attached hydrogens (primary N) is 1. The van der Waals surface area contributed by atoms with Gasteiger partial charge in [0.1, 0.15) is 0 Å². The lowest BCUT2D eigenvalue weighted by Crippen LogP contribution is -2.26. The second-order valence-electron chi connectivity index (χ2n) is 5.23. The minimum atomic E-state index is 0.175. The van der Waals surface area contributed by atoms with E-state index >= 15 is 0 Å². The molecule has 0 aromatic carbocycles. The lowest BCUT2D eigenvalue weighted by molar-refractivity contribution is -0.131. The fraction of sp³-hybridized carbons (Fsp3) is 0.562. The third-order valence-electron chi connectivity index (χ3n) is 3.51. The van der Waals surface area contributed by atoms with Crippen molar-refractivity contribution in [2.75, 3.05) is 20.2 Å². The molecule has 1 aromatic rings. The van der Waals surface area contributed by atoms with Gasteiger partial charge in [-0.3, -0.25) is 4.79 Å². The van der Waals surface area contributed by atoms with E-state index in [4.69, 9.17) is 10.5 Å². The Balaban J connectivity index is 1.78. The quantitative estimate of drug-likeness (QED) is 0.846. The summed E-state index contributed by atoms with van der Waals surface area (Å²) in [4.78, 5) is 15.0. The molecule has 2 rings (SSSR count). The van der Waals surface area contributed by atoms with Gasteiger partial charge in [0.15, 0.2) is 0 Å². The first-order chi connectivity index (χ1) is 10.2. The molecule has 1 unspecified atom stereocenters. The summed E-state index contributed by atoms with van der Waals surface area (Å²) in [7, 11) is 1.85. The molecule has 2 heterocycles. The molecule has 1 atom stereocenters. The van der Waals surface area contributed by atoms with E-state index < -0.39 is 0 Å². The van der Waals surface area contributed by atoms with E-state index in [1.165, 1.54) is 0 Å². The summed E-state index contributed by atoms with van der Waals surface area (Å²) in [6, 6.07) is 2.02. The van der Waals surface area contributed by atoms with Gasteiger partial charge in [-0.15, -0.1) is 11.3 Å². The molecule has 1 aliphatic rings. The Morgan fingerprint density at radius 2 is 2.48 bits per heavy atom. The van der Waals surface area contributed by atoms with Crippen molar-refractivity contribution in [2.45, 2.75) is 38.3 Å². The first kappa shape index (κ1) is 16.0. The second-order valence-corrected chi connectivity index (χ2v) is 6.23. The lowest BCUT2D eigenvalue weighted by atomic mass is 10.1. The van der Waals surface area contributed by atoms with Gasteiger partial charge in [-0.05, 0) is 25.3 Å². The summed E-state index contributed by atoms with van der Waals surface area (Å²) in [5, 5.41) is 2.00. The number of ether oxygens (including phenoxy) is 1. The molecule has 0 bridgehead atoms. The smallest absolute Gasteiger partial charge is 0.222 e. The monoisotopic (exact) mass is 306 g/mol. The van der Waals surface area contributed by atoms with Crippen molar-refractivity contribution in [2.24, 2.45) is 5.73 Å². The zero-order chi connectivity index (χ0) is 15.1. The van der Waals surface area contributed by atoms with Crippen molar-refractivity contribution in [1.82, 2.24) is 4.90 Å². The van der Waals surface area contributed by atoms with E-state index in [1.807, 2.05) is 18.5 Å². The maximum absolute atomic E-state index is 12.1. The Morgan fingerprint density at radius 3 is 3.19 bits per heavy atom. The molecule has 2 N–H and O–H groups in total. The molecular weight excluding hydrogens is 284 g/mol. The highest BCUT2D eigenvalue weighted by Crippen LogP contribution is 2.19. The second kappa shape index (κ2) is 8.18. The molecule has 21 heavy (non-hydrogen) atoms. The average molecular weight is 306 g/mol. The summed E-state index contributed by atoms with van der Waals surface area (Å²) >= 11 is 1.63. The Bertz CT molecular complexity index is 524. The van der Waals surface area contributed by atoms with Crippen molar-refractivity contribution in [3.05, 3.63) is 21.9 Å². The van der Waals surface area contributed by atoms with Crippen LogP contribution in [-0.4, -0.2) is 37.1 Å². The highest BCUT2D eigenvalue weighted by Gasteiger charge is 2.18. The van der Waals surface area contributed by atoms with Crippen molar-refractivity contribution >= 4 is 17.2 Å². The zero-order valence-corrected chi connectivity index (χ0v) is 13.2. The number of amides is 1. The highest BCUT2D eigenvalue weighted by molar-refractivity contribution is 7.10. The van der Waals surface area contributed by atoms with E-state index in [0.717, 1.165) is 36.3 Å². The van der Waals surface area contributed by atoms with E-state index in [9.17, 15) is 4.79 Å². The standard InChI is InChI=1S/C16H22N2O2S/c1-18(16(19)7-6-14-5-3-9-20-14)11-15-10-13(12-21-15)4-2-8-17/h10,12,14H,3,5-9,11,17H2,1H3. The number of nitrogens with zero attached hydrogens (tertiary/aromatic N) is 1. The number of carbonyl (C=O) groups excluding carboxylic acids is 1. The van der Waals surface area contributed by atoms with Gasteiger partial charge in [-0.2, -0.15) is 0 Å². The number of hydrogen-bond donors (Lipinski definition) is 1. The van der Waals surface area contributed by atoms with Gasteiger partial charge < -0.3 is 15.4 Å². The topological polar surface area (TPSA) is 55.6 Å². The molecule has 1 fully saturated rings. The number of carbonyl (C=O) groups is 1. The van der Waals surface area contributed by atoms with Crippen molar-refractivity contribution in [1.29, 1.82) is 0 Å². The first-order valence-electron chi connectivity index (χ1n) is 7.31. The van der Waals surface area contributed by atoms with E-state index in [0.29, 0.717) is 19.5 Å². The van der Waals surface area contributed by atoms with Gasteiger partial charge in [0.2, 0.25) is 5.91 Å². The van der Waals surface area contributed by atoms with Gasteiger partial charge in [0, 0.05) is 35.9 Å². The molecular formula is C16H22N2O2S. The highest BCUT2D eigenvalue weighted by atomic mass is 32.1. The zero-order valence-electron chi connectivity index (χ0n) is 12.4. The van der Waals surface area contributed by atoms with Crippen LogP contribution in [0.25, 0.3) is 0 Å². The Hall–Kier alpha value is -1.35. The third-order valence-corrected chi connectivity index (χ3v) is 4.43. The maximum Gasteiger partial charge on any atom is 0.222 e. The van der Waals surface area contributed by atoms with E-state index in [1.54, 1.807) is 16.2 Å². The Kier molecular flexibility index (Phi) is 6.24. The number of hydrogen-bond acceptors (Lipinski definition) is 4. The summed E-state index contributed by atoms with van der Waals surface area (Å²) in [6.45, 7) is 1.85. The van der Waals surface area contributed by atoms with Crippen LogP contribution in [0.2, 0.25) is 0 Å². The van der Waals surface area contributed by atoms with Crippen LogP contribution in [0.15, 0.2) is 11.4 Å². The van der Waals surface area contributed by atoms with E-state index in [-0.39, 0.29) is 12.0 Å². The molecule has 0 aliphatic carbocycles. The van der Waals surface area contributed by atoms with Gasteiger partial charge in [-0.25, -0.2) is 0 Å². The molecule has 4 nitrogen and oxygen atoms in total. The van der Waals surface area contributed by atoms with E-state index in [2.05, 4.69) is 11.8 Å². The third kappa shape index (κ3) is 5.16. The van der Waals surface area contributed by atoms with Crippen molar-refractivity contribution < 1.29 is 9.53 Å². The molecule has 1 saturated heterocycles. The summed E-state index contributed by atoms with van der Waals surface area (Å²) in [5.74, 6) is 6.01. The van der Waals surface area contributed by atoms with Crippen LogP contribution in [0.5, 0.6) is 0 Å². The molecule has 1 amide bonds. The van der Waals surface area contributed by atoms with Gasteiger partial charge in [-0.1, -0.05) is 11.8 Å². The lowest BCUT2D eigenvalue weighted by Gasteiger charge is -2.17. The molecule has 114 valence electrons. The largest absolute Gasteiger partial charge is 0.378 e. The minimum absolute atomic E-state index is 0.175. The van der Waals surface area contributed by atoms with Crippen LogP contribution in [0, 0.1) is 11.8 Å². The predicted molar refractivity (Wildman–Crippen MR) is 84.9 cm³/mol. The van der Waals surface area contributed by atoms with Crippen LogP contribution in [0.4, 0.5) is 0 Å². The minimum Gasteiger partial charge on any atom is -0.378 e. The van der Waals surface area contributed by atoms with Crippen LogP contribution in [-0.2, 0) is 16.1 Å². The normalized spacial score (nSPS) is 17.3. The number of thiophene rings is 1. The van der Waals surface area contributed by atoms with Crippen LogP contribution < -0.4 is 5.73 Å². The van der Waals surface area contributed by atoms with Gasteiger partial charge in [0.05, 0.1) is 19.2 Å². The molecule has 0 saturated carbocycles. The van der Waals surface area contributed by atoms with Gasteiger partial charge >= 0.3 is 0 Å². The fourth-order valence-corrected chi connectivity index (χ4v) is 3.22. The molecule has 1 aliphatic heterocycles. The van der Waals surface area contributed by atoms with Crippen molar-refractivity contribution in [3.8, 4) is 11.8 Å². The molecule has 0 spiro atoms. The van der Waals surface area contributed by atoms with Gasteiger partial charge in [0.25, 0.3) is 0 Å². The molecule has 5 heteroatoms. The Morgan fingerprint density at radius 1 is 1.62 bits per heavy atom. The summed E-state index contributed by atoms with van der Waals surface area (Å²) in [5.41, 5.74) is 6.33.